The molecule has 2 aromatic rings. The summed E-state index contributed by atoms with van der Waals surface area (Å²) in [5.41, 5.74) is 9.50. The van der Waals surface area contributed by atoms with Gasteiger partial charge in [-0.15, -0.1) is 5.10 Å². The lowest BCUT2D eigenvalue weighted by atomic mass is 10.1. The van der Waals surface area contributed by atoms with Crippen molar-refractivity contribution in [3.8, 4) is 0 Å². The number of aromatic carboxylic acids is 1. The van der Waals surface area contributed by atoms with Crippen LogP contribution in [0.2, 0.25) is 0 Å². The fourth-order valence-corrected chi connectivity index (χ4v) is 2.34. The summed E-state index contributed by atoms with van der Waals surface area (Å²) in [4.78, 5) is 11.1. The average molecular weight is 274 g/mol. The summed E-state index contributed by atoms with van der Waals surface area (Å²) < 4.78 is 1.62. The Labute approximate surface area is 117 Å². The second kappa shape index (κ2) is 5.83. The monoisotopic (exact) mass is 274 g/mol. The molecular formula is C14H18N4O2. The van der Waals surface area contributed by atoms with Gasteiger partial charge in [0.25, 0.3) is 0 Å². The van der Waals surface area contributed by atoms with Crippen LogP contribution in [0.4, 0.5) is 0 Å². The third-order valence-corrected chi connectivity index (χ3v) is 3.04. The Morgan fingerprint density at radius 3 is 2.50 bits per heavy atom. The fourth-order valence-electron chi connectivity index (χ4n) is 2.34. The van der Waals surface area contributed by atoms with E-state index < -0.39 is 5.97 Å². The minimum Gasteiger partial charge on any atom is -0.476 e. The smallest absolute Gasteiger partial charge is 0.358 e. The lowest BCUT2D eigenvalue weighted by Gasteiger charge is -2.08. The molecule has 0 radical (unpaired) electrons. The predicted molar refractivity (Wildman–Crippen MR) is 74.8 cm³/mol. The van der Waals surface area contributed by atoms with Gasteiger partial charge in [0.15, 0.2) is 5.69 Å². The molecule has 6 heteroatoms. The molecule has 0 aliphatic rings. The summed E-state index contributed by atoms with van der Waals surface area (Å²) in [6.45, 7) is 4.92. The topological polar surface area (TPSA) is 94.0 Å². The van der Waals surface area contributed by atoms with Gasteiger partial charge in [-0.1, -0.05) is 34.5 Å². The highest BCUT2D eigenvalue weighted by Gasteiger charge is 2.18. The third kappa shape index (κ3) is 3.03. The van der Waals surface area contributed by atoms with Crippen LogP contribution in [-0.2, 0) is 13.0 Å². The zero-order valence-electron chi connectivity index (χ0n) is 11.6. The molecule has 0 spiro atoms. The lowest BCUT2D eigenvalue weighted by Crippen LogP contribution is -2.14. The second-order valence-electron chi connectivity index (χ2n) is 4.88. The molecule has 0 saturated heterocycles. The van der Waals surface area contributed by atoms with Crippen LogP contribution in [0, 0.1) is 13.8 Å². The number of rotatable bonds is 5. The van der Waals surface area contributed by atoms with Gasteiger partial charge in [0.1, 0.15) is 0 Å². The molecule has 0 bridgehead atoms. The van der Waals surface area contributed by atoms with Crippen molar-refractivity contribution in [3.05, 3.63) is 46.3 Å². The van der Waals surface area contributed by atoms with Gasteiger partial charge in [0.2, 0.25) is 0 Å². The minimum absolute atomic E-state index is 0.0141. The number of aryl methyl sites for hydroxylation is 2. The largest absolute Gasteiger partial charge is 0.476 e. The van der Waals surface area contributed by atoms with Gasteiger partial charge in [0.05, 0.1) is 12.2 Å². The number of carboxylic acids is 1. The van der Waals surface area contributed by atoms with Crippen molar-refractivity contribution >= 4 is 5.97 Å². The van der Waals surface area contributed by atoms with Crippen LogP contribution in [0.1, 0.15) is 32.9 Å². The summed E-state index contributed by atoms with van der Waals surface area (Å²) in [6.07, 6.45) is 0.444. The van der Waals surface area contributed by atoms with Gasteiger partial charge in [-0.25, -0.2) is 9.48 Å². The van der Waals surface area contributed by atoms with E-state index in [1.54, 1.807) is 4.68 Å². The van der Waals surface area contributed by atoms with E-state index in [-0.39, 0.29) is 5.69 Å². The van der Waals surface area contributed by atoms with Gasteiger partial charge < -0.3 is 10.8 Å². The normalized spacial score (nSPS) is 10.8. The van der Waals surface area contributed by atoms with Crippen LogP contribution in [0.15, 0.2) is 18.2 Å². The molecule has 6 nitrogen and oxygen atoms in total. The Kier molecular flexibility index (Phi) is 4.14. The number of carboxylic acid groups (broad SMARTS) is 1. The van der Waals surface area contributed by atoms with Crippen molar-refractivity contribution in [2.75, 3.05) is 6.54 Å². The summed E-state index contributed by atoms with van der Waals surface area (Å²) in [7, 11) is 0. The molecule has 0 atom stereocenters. The number of carbonyl (C=O) groups is 1. The molecule has 3 N–H and O–H groups in total. The molecule has 2 rings (SSSR count). The van der Waals surface area contributed by atoms with Crippen molar-refractivity contribution < 1.29 is 9.90 Å². The number of nitrogens with two attached hydrogens (primary N) is 1. The fraction of sp³-hybridized carbons (Fsp3) is 0.357. The zero-order valence-corrected chi connectivity index (χ0v) is 11.6. The van der Waals surface area contributed by atoms with E-state index in [9.17, 15) is 4.79 Å². The molecule has 1 aromatic heterocycles. The Morgan fingerprint density at radius 2 is 1.95 bits per heavy atom. The number of aromatic nitrogens is 3. The van der Waals surface area contributed by atoms with E-state index in [0.717, 1.165) is 5.56 Å². The van der Waals surface area contributed by atoms with E-state index in [1.807, 2.05) is 13.8 Å². The maximum atomic E-state index is 11.1. The van der Waals surface area contributed by atoms with Gasteiger partial charge in [-0.2, -0.15) is 0 Å². The van der Waals surface area contributed by atoms with Gasteiger partial charge in [-0.05, 0) is 26.0 Å². The molecule has 0 aliphatic heterocycles. The quantitative estimate of drug-likeness (QED) is 0.852. The summed E-state index contributed by atoms with van der Waals surface area (Å²) in [5.74, 6) is -1.07. The number of hydrogen-bond donors (Lipinski definition) is 2. The molecule has 0 fully saturated rings. The van der Waals surface area contributed by atoms with E-state index in [4.69, 9.17) is 10.8 Å². The number of nitrogens with zero attached hydrogens (tertiary/aromatic N) is 3. The summed E-state index contributed by atoms with van der Waals surface area (Å²) in [5, 5.41) is 16.8. The van der Waals surface area contributed by atoms with E-state index >= 15 is 0 Å². The van der Waals surface area contributed by atoms with Crippen molar-refractivity contribution in [3.63, 3.8) is 0 Å². The molecular weight excluding hydrogens is 256 g/mol. The first-order valence-corrected chi connectivity index (χ1v) is 6.44. The average Bonchev–Trinajstić information content (AvgIpc) is 2.72. The van der Waals surface area contributed by atoms with Gasteiger partial charge in [-0.3, -0.25) is 0 Å². The number of benzene rings is 1. The van der Waals surface area contributed by atoms with Gasteiger partial charge >= 0.3 is 5.97 Å². The van der Waals surface area contributed by atoms with Gasteiger partial charge in [0, 0.05) is 6.42 Å². The van der Waals surface area contributed by atoms with Crippen LogP contribution in [0.25, 0.3) is 0 Å². The number of hydrogen-bond acceptors (Lipinski definition) is 4. The summed E-state index contributed by atoms with van der Waals surface area (Å²) in [6, 6.07) is 6.21. The van der Waals surface area contributed by atoms with E-state index in [1.165, 1.54) is 11.1 Å². The Hall–Kier alpha value is -2.21. The van der Waals surface area contributed by atoms with E-state index in [2.05, 4.69) is 28.5 Å². The molecule has 0 saturated carbocycles. The van der Waals surface area contributed by atoms with Crippen molar-refractivity contribution in [2.45, 2.75) is 26.8 Å². The summed E-state index contributed by atoms with van der Waals surface area (Å²) >= 11 is 0. The molecule has 1 aromatic carbocycles. The zero-order chi connectivity index (χ0) is 14.7. The molecule has 1 heterocycles. The van der Waals surface area contributed by atoms with Crippen molar-refractivity contribution in [1.29, 1.82) is 0 Å². The maximum Gasteiger partial charge on any atom is 0.358 e. The first-order valence-electron chi connectivity index (χ1n) is 6.44. The molecule has 0 unspecified atom stereocenters. The van der Waals surface area contributed by atoms with Crippen LogP contribution in [0.3, 0.4) is 0 Å². The Balaban J connectivity index is 2.35. The standard InChI is InChI=1S/C14H18N4O2/c1-9-5-10(2)7-11(6-9)8-18-12(3-4-15)13(14(19)20)16-17-18/h5-7H,3-4,8,15H2,1-2H3,(H,19,20). The highest BCUT2D eigenvalue weighted by Crippen LogP contribution is 2.13. The Morgan fingerprint density at radius 1 is 1.30 bits per heavy atom. The molecule has 106 valence electrons. The van der Waals surface area contributed by atoms with Crippen LogP contribution in [-0.4, -0.2) is 32.6 Å². The minimum atomic E-state index is -1.07. The predicted octanol–water partition coefficient (Wildman–Crippen LogP) is 1.14. The molecule has 0 amide bonds. The first-order chi connectivity index (χ1) is 9.51. The van der Waals surface area contributed by atoms with Crippen LogP contribution >= 0.6 is 0 Å². The van der Waals surface area contributed by atoms with Crippen LogP contribution in [0.5, 0.6) is 0 Å². The Bertz CT molecular complexity index is 614. The maximum absolute atomic E-state index is 11.1. The third-order valence-electron chi connectivity index (χ3n) is 3.04. The SMILES string of the molecule is Cc1cc(C)cc(Cn2nnc(C(=O)O)c2CCN)c1. The molecule has 20 heavy (non-hydrogen) atoms. The van der Waals surface area contributed by atoms with Crippen molar-refractivity contribution in [1.82, 2.24) is 15.0 Å². The van der Waals surface area contributed by atoms with E-state index in [0.29, 0.717) is 25.2 Å². The van der Waals surface area contributed by atoms with Crippen LogP contribution < -0.4 is 5.73 Å². The molecule has 0 aliphatic carbocycles. The highest BCUT2D eigenvalue weighted by atomic mass is 16.4. The van der Waals surface area contributed by atoms with Crippen molar-refractivity contribution in [2.24, 2.45) is 5.73 Å². The lowest BCUT2D eigenvalue weighted by molar-refractivity contribution is 0.0689. The first kappa shape index (κ1) is 14.2. The highest BCUT2D eigenvalue weighted by molar-refractivity contribution is 5.86. The second-order valence-corrected chi connectivity index (χ2v) is 4.88.